The van der Waals surface area contributed by atoms with E-state index in [1.807, 2.05) is 24.3 Å². The molecule has 0 aliphatic rings. The first kappa shape index (κ1) is 13.3. The number of sulfone groups is 1. The molecule has 0 saturated heterocycles. The van der Waals surface area contributed by atoms with Crippen LogP contribution >= 0.6 is 11.8 Å². The predicted octanol–water partition coefficient (Wildman–Crippen LogP) is 1.91. The second-order valence-electron chi connectivity index (χ2n) is 3.58. The van der Waals surface area contributed by atoms with Crippen molar-refractivity contribution in [3.63, 3.8) is 0 Å². The van der Waals surface area contributed by atoms with E-state index >= 15 is 0 Å². The van der Waals surface area contributed by atoms with E-state index in [0.717, 1.165) is 22.2 Å². The van der Waals surface area contributed by atoms with E-state index in [9.17, 15) is 13.2 Å². The quantitative estimate of drug-likeness (QED) is 0.774. The maximum absolute atomic E-state index is 11.1. The second kappa shape index (κ2) is 5.50. The molecule has 0 saturated carbocycles. The van der Waals surface area contributed by atoms with Gasteiger partial charge in [0.1, 0.15) is 9.84 Å². The maximum Gasteiger partial charge on any atom is 0.190 e. The molecule has 0 spiro atoms. The molecule has 0 radical (unpaired) electrons. The molecule has 0 N–H and O–H groups in total. The van der Waals surface area contributed by atoms with Crippen molar-refractivity contribution in [1.82, 2.24) is 0 Å². The lowest BCUT2D eigenvalue weighted by molar-refractivity contribution is -0.109. The van der Waals surface area contributed by atoms with Gasteiger partial charge in [0.15, 0.2) is 5.12 Å². The van der Waals surface area contributed by atoms with E-state index in [2.05, 4.69) is 0 Å². The van der Waals surface area contributed by atoms with E-state index in [-0.39, 0.29) is 10.9 Å². The fourth-order valence-corrected chi connectivity index (χ4v) is 2.61. The van der Waals surface area contributed by atoms with Crippen molar-refractivity contribution in [2.75, 3.05) is 12.0 Å². The Morgan fingerprint density at radius 2 is 1.94 bits per heavy atom. The summed E-state index contributed by atoms with van der Waals surface area (Å²) in [6.07, 6.45) is 1.67. The molecule has 0 heterocycles. The summed E-state index contributed by atoms with van der Waals surface area (Å²) in [6, 6.07) is 7.39. The third kappa shape index (κ3) is 4.81. The first-order valence-electron chi connectivity index (χ1n) is 4.82. The topological polar surface area (TPSA) is 51.2 Å². The zero-order valence-corrected chi connectivity index (χ0v) is 10.9. The Morgan fingerprint density at radius 1 is 1.31 bits per heavy atom. The highest BCUT2D eigenvalue weighted by atomic mass is 32.2. The van der Waals surface area contributed by atoms with E-state index in [4.69, 9.17) is 0 Å². The average molecular weight is 258 g/mol. The zero-order chi connectivity index (χ0) is 12.2. The van der Waals surface area contributed by atoms with Gasteiger partial charge in [0.2, 0.25) is 0 Å². The number of carbonyl (C=O) groups excluding carboxylic acids is 1. The van der Waals surface area contributed by atoms with Crippen LogP contribution in [0, 0.1) is 0 Å². The number of benzene rings is 1. The molecule has 0 amide bonds. The monoisotopic (exact) mass is 258 g/mol. The summed E-state index contributed by atoms with van der Waals surface area (Å²) >= 11 is 1.14. The van der Waals surface area contributed by atoms with Crippen molar-refractivity contribution < 1.29 is 13.2 Å². The van der Waals surface area contributed by atoms with Crippen LogP contribution in [0.4, 0.5) is 0 Å². The Morgan fingerprint density at radius 3 is 2.50 bits per heavy atom. The van der Waals surface area contributed by atoms with Crippen molar-refractivity contribution in [1.29, 1.82) is 0 Å². The Labute approximate surface area is 100 Å². The Hall–Kier alpha value is -0.810. The molecule has 0 atom stereocenters. The molecular formula is C11H14O3S2. The molecule has 0 aromatic heterocycles. The van der Waals surface area contributed by atoms with E-state index < -0.39 is 9.84 Å². The maximum atomic E-state index is 11.1. The number of rotatable bonds is 4. The summed E-state index contributed by atoms with van der Waals surface area (Å²) in [6.45, 7) is 1.50. The smallest absolute Gasteiger partial charge is 0.190 e. The molecule has 0 unspecified atom stereocenters. The third-order valence-corrected chi connectivity index (χ3v) is 3.82. The molecule has 0 aliphatic heterocycles. The fourth-order valence-electron chi connectivity index (χ4n) is 1.26. The van der Waals surface area contributed by atoms with Gasteiger partial charge in [-0.25, -0.2) is 8.42 Å². The van der Waals surface area contributed by atoms with E-state index in [1.54, 1.807) is 0 Å². The summed E-state index contributed by atoms with van der Waals surface area (Å²) in [7, 11) is -2.96. The van der Waals surface area contributed by atoms with Crippen LogP contribution in [0.5, 0.6) is 0 Å². The number of thioether (sulfide) groups is 1. The van der Waals surface area contributed by atoms with Crippen LogP contribution in [0.3, 0.4) is 0 Å². The van der Waals surface area contributed by atoms with Gasteiger partial charge in [0.05, 0.1) is 5.75 Å². The Kier molecular flexibility index (Phi) is 4.56. The Bertz CT molecular complexity index is 478. The minimum absolute atomic E-state index is 0.00630. The molecule has 0 bridgehead atoms. The first-order valence-corrected chi connectivity index (χ1v) is 7.70. The molecule has 1 aromatic rings. The van der Waals surface area contributed by atoms with Crippen LogP contribution in [0.25, 0.3) is 0 Å². The van der Waals surface area contributed by atoms with Crippen LogP contribution < -0.4 is 0 Å². The number of carbonyl (C=O) groups is 1. The number of hydrogen-bond acceptors (Lipinski definition) is 4. The van der Waals surface area contributed by atoms with Crippen molar-refractivity contribution >= 4 is 26.7 Å². The van der Waals surface area contributed by atoms with Gasteiger partial charge in [0, 0.05) is 18.1 Å². The van der Waals surface area contributed by atoms with E-state index in [1.165, 1.54) is 13.2 Å². The van der Waals surface area contributed by atoms with Gasteiger partial charge < -0.3 is 0 Å². The van der Waals surface area contributed by atoms with Crippen molar-refractivity contribution in [3.8, 4) is 0 Å². The number of hydrogen-bond donors (Lipinski definition) is 0. The Balaban J connectivity index is 2.83. The first-order chi connectivity index (χ1) is 7.38. The minimum atomic E-state index is -2.96. The van der Waals surface area contributed by atoms with Gasteiger partial charge in [-0.05, 0) is 18.1 Å². The van der Waals surface area contributed by atoms with Crippen LogP contribution in [0.15, 0.2) is 29.2 Å². The highest BCUT2D eigenvalue weighted by Crippen LogP contribution is 2.23. The lowest BCUT2D eigenvalue weighted by Gasteiger charge is -2.06. The molecule has 16 heavy (non-hydrogen) atoms. The summed E-state index contributed by atoms with van der Waals surface area (Å²) in [5.41, 5.74) is 0.910. The summed E-state index contributed by atoms with van der Waals surface area (Å²) in [4.78, 5) is 11.9. The van der Waals surface area contributed by atoms with Gasteiger partial charge in [-0.15, -0.1) is 0 Å². The van der Waals surface area contributed by atoms with Crippen molar-refractivity contribution in [3.05, 3.63) is 29.8 Å². The van der Waals surface area contributed by atoms with Crippen LogP contribution in [-0.4, -0.2) is 25.5 Å². The van der Waals surface area contributed by atoms with E-state index in [0.29, 0.717) is 6.42 Å². The molecule has 5 heteroatoms. The summed E-state index contributed by atoms with van der Waals surface area (Å²) < 4.78 is 22.1. The minimum Gasteiger partial charge on any atom is -0.287 e. The molecule has 3 nitrogen and oxygen atoms in total. The lowest BCUT2D eigenvalue weighted by atomic mass is 10.2. The summed E-state index contributed by atoms with van der Waals surface area (Å²) in [5, 5.41) is 0.00630. The highest BCUT2D eigenvalue weighted by Gasteiger charge is 2.08. The number of aryl methyl sites for hydroxylation is 1. The highest BCUT2D eigenvalue weighted by molar-refractivity contribution is 8.13. The summed E-state index contributed by atoms with van der Waals surface area (Å²) in [5.74, 6) is 0.114. The molecule has 0 fully saturated rings. The van der Waals surface area contributed by atoms with Crippen molar-refractivity contribution in [2.45, 2.75) is 18.2 Å². The largest absolute Gasteiger partial charge is 0.287 e. The molecule has 1 rings (SSSR count). The predicted molar refractivity (Wildman–Crippen MR) is 66.4 cm³/mol. The normalized spacial score (nSPS) is 11.4. The average Bonchev–Trinajstić information content (AvgIpc) is 2.14. The molecule has 0 aliphatic carbocycles. The van der Waals surface area contributed by atoms with Crippen LogP contribution in [0.2, 0.25) is 0 Å². The van der Waals surface area contributed by atoms with Crippen molar-refractivity contribution in [2.24, 2.45) is 0 Å². The molecule has 1 aromatic carbocycles. The van der Waals surface area contributed by atoms with Gasteiger partial charge in [-0.3, -0.25) is 4.79 Å². The lowest BCUT2D eigenvalue weighted by Crippen LogP contribution is -2.06. The van der Waals surface area contributed by atoms with Crippen LogP contribution in [-0.2, 0) is 21.1 Å². The molecule has 88 valence electrons. The SMILES string of the molecule is CC(=O)Sc1ccccc1CCS(C)(=O)=O. The molecular weight excluding hydrogens is 244 g/mol. The van der Waals surface area contributed by atoms with Gasteiger partial charge in [-0.2, -0.15) is 0 Å². The van der Waals surface area contributed by atoms with Crippen LogP contribution in [0.1, 0.15) is 12.5 Å². The van der Waals surface area contributed by atoms with Gasteiger partial charge >= 0.3 is 0 Å². The standard InChI is InChI=1S/C11H14O3S2/c1-9(12)15-11-6-4-3-5-10(11)7-8-16(2,13)14/h3-6H,7-8H2,1-2H3. The third-order valence-electron chi connectivity index (χ3n) is 1.97. The fraction of sp³-hybridized carbons (Fsp3) is 0.364. The second-order valence-corrected chi connectivity index (χ2v) is 7.06. The van der Waals surface area contributed by atoms with Gasteiger partial charge in [0.25, 0.3) is 0 Å². The zero-order valence-electron chi connectivity index (χ0n) is 9.26. The van der Waals surface area contributed by atoms with Gasteiger partial charge in [-0.1, -0.05) is 30.0 Å².